The summed E-state index contributed by atoms with van der Waals surface area (Å²) in [5.41, 5.74) is -0.279. The monoisotopic (exact) mass is 322 g/mol. The number of likely N-dealkylation sites (N-methyl/N-ethyl adjacent to an activating group) is 1. The van der Waals surface area contributed by atoms with Gasteiger partial charge in [-0.25, -0.2) is 0 Å². The summed E-state index contributed by atoms with van der Waals surface area (Å²) < 4.78 is 58.7. The number of carbonyl (C=O) groups is 1. The summed E-state index contributed by atoms with van der Waals surface area (Å²) in [6, 6.07) is 3.07. The molecule has 2 rings (SSSR count). The number of ether oxygens (including phenoxy) is 2. The predicted octanol–water partition coefficient (Wildman–Crippen LogP) is 2.10. The Kier molecular flexibility index (Phi) is 4.11. The standard InChI is InChI=1S/C12H10F4N2O4/c1-18-8(19)5-21-11(18)17-6-3-2-4-7(9(6)20)22-12(15,16)10(13)14/h2-4,10,20H,5H2,1H3. The van der Waals surface area contributed by atoms with Crippen molar-refractivity contribution in [2.24, 2.45) is 4.99 Å². The highest BCUT2D eigenvalue weighted by molar-refractivity contribution is 6.00. The third kappa shape index (κ3) is 3.05. The number of hydrogen-bond acceptors (Lipinski definition) is 5. The summed E-state index contributed by atoms with van der Waals surface area (Å²) in [5.74, 6) is -2.15. The highest BCUT2D eigenvalue weighted by Gasteiger charge is 2.44. The normalized spacial score (nSPS) is 17.3. The number of benzene rings is 1. The molecule has 1 aliphatic heterocycles. The number of para-hydroxylation sites is 1. The van der Waals surface area contributed by atoms with Crippen molar-refractivity contribution in [1.29, 1.82) is 0 Å². The Labute approximate surface area is 121 Å². The molecule has 0 radical (unpaired) electrons. The van der Waals surface area contributed by atoms with E-state index in [1.807, 2.05) is 0 Å². The quantitative estimate of drug-likeness (QED) is 0.862. The van der Waals surface area contributed by atoms with Crippen molar-refractivity contribution in [2.75, 3.05) is 13.7 Å². The number of halogens is 4. The van der Waals surface area contributed by atoms with Crippen molar-refractivity contribution in [3.63, 3.8) is 0 Å². The van der Waals surface area contributed by atoms with Gasteiger partial charge in [-0.15, -0.1) is 0 Å². The van der Waals surface area contributed by atoms with Gasteiger partial charge in [-0.05, 0) is 12.1 Å². The summed E-state index contributed by atoms with van der Waals surface area (Å²) in [7, 11) is 1.36. The zero-order chi connectivity index (χ0) is 16.5. The SMILES string of the molecule is CN1C(=O)COC1=Nc1cccc(OC(F)(F)C(F)F)c1O. The first-order valence-corrected chi connectivity index (χ1v) is 5.87. The van der Waals surface area contributed by atoms with Crippen LogP contribution in [0, 0.1) is 0 Å². The first-order chi connectivity index (χ1) is 10.2. The summed E-state index contributed by atoms with van der Waals surface area (Å²) in [6.45, 7) is -0.254. The molecule has 1 N–H and O–H groups in total. The van der Waals surface area contributed by atoms with E-state index in [2.05, 4.69) is 9.73 Å². The molecule has 1 aliphatic rings. The summed E-state index contributed by atoms with van der Waals surface area (Å²) >= 11 is 0. The van der Waals surface area contributed by atoms with Gasteiger partial charge >= 0.3 is 12.5 Å². The molecule has 1 fully saturated rings. The number of hydrogen-bond donors (Lipinski definition) is 1. The second-order valence-electron chi connectivity index (χ2n) is 4.22. The van der Waals surface area contributed by atoms with E-state index in [1.165, 1.54) is 13.1 Å². The van der Waals surface area contributed by atoms with Crippen molar-refractivity contribution in [3.8, 4) is 11.5 Å². The lowest BCUT2D eigenvalue weighted by atomic mass is 10.3. The summed E-state index contributed by atoms with van der Waals surface area (Å²) in [5, 5.41) is 9.78. The minimum Gasteiger partial charge on any atom is -0.503 e. The van der Waals surface area contributed by atoms with Crippen LogP contribution < -0.4 is 4.74 Å². The van der Waals surface area contributed by atoms with E-state index in [-0.39, 0.29) is 18.3 Å². The Morgan fingerprint density at radius 3 is 2.68 bits per heavy atom. The fourth-order valence-corrected chi connectivity index (χ4v) is 1.51. The lowest BCUT2D eigenvalue weighted by Gasteiger charge is -2.18. The molecule has 1 heterocycles. The number of amides is 1. The second-order valence-corrected chi connectivity index (χ2v) is 4.22. The fourth-order valence-electron chi connectivity index (χ4n) is 1.51. The number of aromatic hydroxyl groups is 1. The number of rotatable bonds is 4. The van der Waals surface area contributed by atoms with Crippen LogP contribution in [0.5, 0.6) is 11.5 Å². The van der Waals surface area contributed by atoms with Gasteiger partial charge in [-0.1, -0.05) is 6.07 Å². The third-order valence-electron chi connectivity index (χ3n) is 2.68. The van der Waals surface area contributed by atoms with Gasteiger partial charge < -0.3 is 14.6 Å². The maximum absolute atomic E-state index is 12.9. The Morgan fingerprint density at radius 2 is 2.14 bits per heavy atom. The molecular weight excluding hydrogens is 312 g/mol. The lowest BCUT2D eigenvalue weighted by Crippen LogP contribution is -2.33. The van der Waals surface area contributed by atoms with E-state index in [1.54, 1.807) is 0 Å². The van der Waals surface area contributed by atoms with E-state index in [0.717, 1.165) is 17.0 Å². The molecule has 1 amide bonds. The Morgan fingerprint density at radius 1 is 1.45 bits per heavy atom. The summed E-state index contributed by atoms with van der Waals surface area (Å²) in [6.07, 6.45) is -8.83. The van der Waals surface area contributed by atoms with Gasteiger partial charge in [0.1, 0.15) is 5.69 Å². The average molecular weight is 322 g/mol. The first kappa shape index (κ1) is 15.9. The molecule has 0 unspecified atom stereocenters. The molecule has 1 aromatic carbocycles. The second kappa shape index (κ2) is 5.70. The van der Waals surface area contributed by atoms with Gasteiger partial charge in [0.25, 0.3) is 11.9 Å². The first-order valence-electron chi connectivity index (χ1n) is 5.87. The van der Waals surface area contributed by atoms with Gasteiger partial charge in [-0.2, -0.15) is 22.6 Å². The molecule has 1 saturated heterocycles. The average Bonchev–Trinajstić information content (AvgIpc) is 2.75. The number of phenols is 1. The number of phenolic OH excluding ortho intramolecular Hbond substituents is 1. The van der Waals surface area contributed by atoms with Crippen molar-refractivity contribution >= 4 is 17.6 Å². The molecule has 120 valence electrons. The third-order valence-corrected chi connectivity index (χ3v) is 2.68. The molecule has 0 aliphatic carbocycles. The van der Waals surface area contributed by atoms with Crippen molar-refractivity contribution < 1.29 is 36.9 Å². The number of nitrogens with zero attached hydrogens (tertiary/aromatic N) is 2. The zero-order valence-electron chi connectivity index (χ0n) is 11.1. The van der Waals surface area contributed by atoms with Gasteiger partial charge in [0.2, 0.25) is 0 Å². The van der Waals surface area contributed by atoms with Gasteiger partial charge in [0, 0.05) is 7.05 Å². The van der Waals surface area contributed by atoms with Crippen LogP contribution >= 0.6 is 0 Å². The van der Waals surface area contributed by atoms with Crippen molar-refractivity contribution in [3.05, 3.63) is 18.2 Å². The number of aliphatic imine (C=N–C) groups is 1. The molecule has 1 aromatic rings. The molecule has 22 heavy (non-hydrogen) atoms. The largest absolute Gasteiger partial charge is 0.503 e. The number of alkyl halides is 4. The molecule has 0 atom stereocenters. The van der Waals surface area contributed by atoms with Crippen LogP contribution in [0.25, 0.3) is 0 Å². The Balaban J connectivity index is 2.31. The Bertz CT molecular complexity index is 621. The van der Waals surface area contributed by atoms with E-state index >= 15 is 0 Å². The van der Waals surface area contributed by atoms with Crippen molar-refractivity contribution in [2.45, 2.75) is 12.5 Å². The van der Waals surface area contributed by atoms with Gasteiger partial charge in [0.15, 0.2) is 18.1 Å². The van der Waals surface area contributed by atoms with Gasteiger partial charge in [-0.3, -0.25) is 9.69 Å². The van der Waals surface area contributed by atoms with Crippen LogP contribution in [-0.4, -0.2) is 48.1 Å². The fraction of sp³-hybridized carbons (Fsp3) is 0.333. The highest BCUT2D eigenvalue weighted by Crippen LogP contribution is 2.39. The molecule has 0 spiro atoms. The molecule has 0 saturated carbocycles. The van der Waals surface area contributed by atoms with Crippen LogP contribution in [-0.2, 0) is 9.53 Å². The molecular formula is C12H10F4N2O4. The van der Waals surface area contributed by atoms with E-state index < -0.39 is 29.9 Å². The van der Waals surface area contributed by atoms with Crippen LogP contribution in [0.15, 0.2) is 23.2 Å². The van der Waals surface area contributed by atoms with Crippen LogP contribution in [0.3, 0.4) is 0 Å². The predicted molar refractivity (Wildman–Crippen MR) is 65.5 cm³/mol. The van der Waals surface area contributed by atoms with E-state index in [4.69, 9.17) is 4.74 Å². The molecule has 0 bridgehead atoms. The maximum atomic E-state index is 12.9. The topological polar surface area (TPSA) is 71.4 Å². The minimum absolute atomic E-state index is 0.168. The zero-order valence-corrected chi connectivity index (χ0v) is 11.1. The number of carbonyl (C=O) groups excluding carboxylic acids is 1. The van der Waals surface area contributed by atoms with Crippen molar-refractivity contribution in [1.82, 2.24) is 4.90 Å². The number of amidine groups is 1. The van der Waals surface area contributed by atoms with Crippen LogP contribution in [0.4, 0.5) is 23.2 Å². The highest BCUT2D eigenvalue weighted by atomic mass is 19.3. The molecule has 10 heteroatoms. The Hall–Kier alpha value is -2.52. The van der Waals surface area contributed by atoms with E-state index in [0.29, 0.717) is 0 Å². The van der Waals surface area contributed by atoms with Crippen LogP contribution in [0.1, 0.15) is 0 Å². The van der Waals surface area contributed by atoms with Gasteiger partial charge in [0.05, 0.1) is 0 Å². The smallest absolute Gasteiger partial charge is 0.461 e. The molecule has 0 aromatic heterocycles. The van der Waals surface area contributed by atoms with E-state index in [9.17, 15) is 27.5 Å². The maximum Gasteiger partial charge on any atom is 0.461 e. The lowest BCUT2D eigenvalue weighted by molar-refractivity contribution is -0.253. The molecule has 6 nitrogen and oxygen atoms in total. The minimum atomic E-state index is -4.76. The van der Waals surface area contributed by atoms with Crippen LogP contribution in [0.2, 0.25) is 0 Å². The summed E-state index contributed by atoms with van der Waals surface area (Å²) in [4.78, 5) is 16.0.